The standard InChI is InChI=1S/C20H26N4O2.HI/c1-13-16-8-5-6-10-18(16)25-19(13)12-23-20(21-4)22-11-7-9-17-14(2)24-26-15(17)3;/h5-6,8,10H,7,9,11-12H2,1-4H3,(H2,21,22,23);1H. The van der Waals surface area contributed by atoms with Crippen LogP contribution in [0.5, 0.6) is 0 Å². The first-order valence-corrected chi connectivity index (χ1v) is 8.93. The fourth-order valence-corrected chi connectivity index (χ4v) is 3.11. The molecule has 7 heteroatoms. The summed E-state index contributed by atoms with van der Waals surface area (Å²) >= 11 is 0. The van der Waals surface area contributed by atoms with E-state index in [4.69, 9.17) is 8.94 Å². The van der Waals surface area contributed by atoms with Crippen molar-refractivity contribution in [3.05, 3.63) is 52.6 Å². The van der Waals surface area contributed by atoms with Gasteiger partial charge in [-0.2, -0.15) is 0 Å². The molecule has 0 bridgehead atoms. The molecule has 0 fully saturated rings. The Bertz CT molecular complexity index is 894. The molecule has 27 heavy (non-hydrogen) atoms. The lowest BCUT2D eigenvalue weighted by Gasteiger charge is -2.11. The smallest absolute Gasteiger partial charge is 0.191 e. The number of benzene rings is 1. The van der Waals surface area contributed by atoms with Gasteiger partial charge in [0.25, 0.3) is 0 Å². The number of nitrogens with one attached hydrogen (secondary N) is 2. The Morgan fingerprint density at radius 3 is 2.59 bits per heavy atom. The van der Waals surface area contributed by atoms with Gasteiger partial charge in [0.05, 0.1) is 12.2 Å². The molecule has 2 heterocycles. The number of fused-ring (bicyclic) bond motifs is 1. The zero-order valence-corrected chi connectivity index (χ0v) is 18.6. The van der Waals surface area contributed by atoms with Gasteiger partial charge in [-0.1, -0.05) is 23.4 Å². The topological polar surface area (TPSA) is 75.6 Å². The van der Waals surface area contributed by atoms with Crippen molar-refractivity contribution in [2.24, 2.45) is 4.99 Å². The van der Waals surface area contributed by atoms with Crippen molar-refractivity contribution in [1.82, 2.24) is 15.8 Å². The van der Waals surface area contributed by atoms with Crippen molar-refractivity contribution in [3.8, 4) is 0 Å². The highest BCUT2D eigenvalue weighted by Crippen LogP contribution is 2.24. The zero-order chi connectivity index (χ0) is 18.5. The molecule has 0 atom stereocenters. The molecular formula is C20H27IN4O2. The molecule has 146 valence electrons. The molecule has 0 saturated carbocycles. The van der Waals surface area contributed by atoms with E-state index < -0.39 is 0 Å². The van der Waals surface area contributed by atoms with Crippen molar-refractivity contribution in [2.75, 3.05) is 13.6 Å². The summed E-state index contributed by atoms with van der Waals surface area (Å²) < 4.78 is 11.1. The molecule has 0 spiro atoms. The number of aliphatic imine (C=N–C) groups is 1. The van der Waals surface area contributed by atoms with E-state index in [-0.39, 0.29) is 24.0 Å². The molecule has 6 nitrogen and oxygen atoms in total. The number of rotatable bonds is 6. The minimum Gasteiger partial charge on any atom is -0.459 e. The molecular weight excluding hydrogens is 455 g/mol. The fraction of sp³-hybridized carbons (Fsp3) is 0.400. The second-order valence-electron chi connectivity index (χ2n) is 6.41. The maximum absolute atomic E-state index is 5.93. The van der Waals surface area contributed by atoms with Crippen LogP contribution in [0, 0.1) is 20.8 Å². The molecule has 0 radical (unpaired) electrons. The summed E-state index contributed by atoms with van der Waals surface area (Å²) in [5.41, 5.74) is 4.27. The summed E-state index contributed by atoms with van der Waals surface area (Å²) in [4.78, 5) is 4.28. The van der Waals surface area contributed by atoms with Crippen LogP contribution in [0.15, 0.2) is 38.2 Å². The van der Waals surface area contributed by atoms with Crippen LogP contribution < -0.4 is 10.6 Å². The second kappa shape index (κ2) is 9.77. The number of halogens is 1. The van der Waals surface area contributed by atoms with E-state index in [0.29, 0.717) is 6.54 Å². The Hall–Kier alpha value is -2.03. The Labute approximate surface area is 176 Å². The summed E-state index contributed by atoms with van der Waals surface area (Å²) in [5, 5.41) is 11.8. The van der Waals surface area contributed by atoms with Gasteiger partial charge in [0.2, 0.25) is 0 Å². The van der Waals surface area contributed by atoms with E-state index in [1.165, 1.54) is 11.1 Å². The van der Waals surface area contributed by atoms with Crippen LogP contribution in [0.25, 0.3) is 11.0 Å². The van der Waals surface area contributed by atoms with Gasteiger partial charge in [-0.15, -0.1) is 24.0 Å². The fourth-order valence-electron chi connectivity index (χ4n) is 3.11. The van der Waals surface area contributed by atoms with Gasteiger partial charge >= 0.3 is 0 Å². The molecule has 0 aliphatic heterocycles. The van der Waals surface area contributed by atoms with Crippen LogP contribution in [-0.4, -0.2) is 24.7 Å². The third kappa shape index (κ3) is 5.03. The Kier molecular flexibility index (Phi) is 7.70. The molecule has 3 rings (SSSR count). The predicted octanol–water partition coefficient (Wildman–Crippen LogP) is 4.26. The van der Waals surface area contributed by atoms with Crippen LogP contribution in [0.3, 0.4) is 0 Å². The molecule has 0 unspecified atom stereocenters. The lowest BCUT2D eigenvalue weighted by atomic mass is 10.1. The largest absolute Gasteiger partial charge is 0.459 e. The van der Waals surface area contributed by atoms with Crippen molar-refractivity contribution in [3.63, 3.8) is 0 Å². The predicted molar refractivity (Wildman–Crippen MR) is 119 cm³/mol. The number of hydrogen-bond donors (Lipinski definition) is 2. The average molecular weight is 482 g/mol. The molecule has 1 aromatic carbocycles. The van der Waals surface area contributed by atoms with Crippen molar-refractivity contribution in [1.29, 1.82) is 0 Å². The number of hydrogen-bond acceptors (Lipinski definition) is 4. The Morgan fingerprint density at radius 2 is 1.93 bits per heavy atom. The highest BCUT2D eigenvalue weighted by molar-refractivity contribution is 14.0. The third-order valence-electron chi connectivity index (χ3n) is 4.66. The quantitative estimate of drug-likeness (QED) is 0.238. The minimum atomic E-state index is 0. The summed E-state index contributed by atoms with van der Waals surface area (Å²) in [5.74, 6) is 2.61. The molecule has 2 N–H and O–H groups in total. The first-order valence-electron chi connectivity index (χ1n) is 8.93. The first kappa shape index (κ1) is 21.3. The maximum atomic E-state index is 5.93. The summed E-state index contributed by atoms with van der Waals surface area (Å²) in [6, 6.07) is 8.09. The van der Waals surface area contributed by atoms with Gasteiger partial charge in [0.1, 0.15) is 17.1 Å². The summed E-state index contributed by atoms with van der Waals surface area (Å²) in [6.45, 7) is 7.45. The lowest BCUT2D eigenvalue weighted by molar-refractivity contribution is 0.392. The van der Waals surface area contributed by atoms with Crippen molar-refractivity contribution in [2.45, 2.75) is 40.2 Å². The summed E-state index contributed by atoms with van der Waals surface area (Å²) in [6.07, 6.45) is 1.92. The van der Waals surface area contributed by atoms with Gasteiger partial charge in [0.15, 0.2) is 5.96 Å². The molecule has 0 saturated heterocycles. The normalized spacial score (nSPS) is 11.5. The Balaban J connectivity index is 0.00000261. The van der Waals surface area contributed by atoms with Crippen LogP contribution in [0.2, 0.25) is 0 Å². The van der Waals surface area contributed by atoms with E-state index in [1.807, 2.05) is 32.0 Å². The number of aryl methyl sites for hydroxylation is 3. The van der Waals surface area contributed by atoms with Crippen molar-refractivity contribution >= 4 is 40.9 Å². The monoisotopic (exact) mass is 482 g/mol. The third-order valence-corrected chi connectivity index (χ3v) is 4.66. The van der Waals surface area contributed by atoms with E-state index in [1.54, 1.807) is 7.05 Å². The molecule has 2 aromatic heterocycles. The van der Waals surface area contributed by atoms with E-state index in [0.717, 1.165) is 53.5 Å². The zero-order valence-electron chi connectivity index (χ0n) is 16.3. The van der Waals surface area contributed by atoms with E-state index in [9.17, 15) is 0 Å². The second-order valence-corrected chi connectivity index (χ2v) is 6.41. The minimum absolute atomic E-state index is 0. The number of para-hydroxylation sites is 1. The van der Waals surface area contributed by atoms with Crippen LogP contribution >= 0.6 is 24.0 Å². The van der Waals surface area contributed by atoms with Crippen molar-refractivity contribution < 1.29 is 8.94 Å². The van der Waals surface area contributed by atoms with Crippen LogP contribution in [-0.2, 0) is 13.0 Å². The molecule has 0 aliphatic rings. The van der Waals surface area contributed by atoms with Gasteiger partial charge in [-0.05, 0) is 39.7 Å². The van der Waals surface area contributed by atoms with Gasteiger partial charge in [-0.3, -0.25) is 4.99 Å². The van der Waals surface area contributed by atoms with Crippen LogP contribution in [0.4, 0.5) is 0 Å². The molecule has 0 amide bonds. The lowest BCUT2D eigenvalue weighted by Crippen LogP contribution is -2.37. The van der Waals surface area contributed by atoms with E-state index in [2.05, 4.69) is 33.8 Å². The Morgan fingerprint density at radius 1 is 1.15 bits per heavy atom. The number of nitrogens with zero attached hydrogens (tertiary/aromatic N) is 2. The SMILES string of the molecule is CN=C(NCCCc1c(C)noc1C)NCc1oc2ccccc2c1C.I. The highest BCUT2D eigenvalue weighted by atomic mass is 127. The molecule has 0 aliphatic carbocycles. The number of furan rings is 1. The summed E-state index contributed by atoms with van der Waals surface area (Å²) in [7, 11) is 1.77. The van der Waals surface area contributed by atoms with Gasteiger partial charge in [-0.25, -0.2) is 0 Å². The maximum Gasteiger partial charge on any atom is 0.191 e. The van der Waals surface area contributed by atoms with Gasteiger partial charge in [0, 0.05) is 30.1 Å². The average Bonchev–Trinajstić information content (AvgIpc) is 3.14. The van der Waals surface area contributed by atoms with E-state index >= 15 is 0 Å². The highest BCUT2D eigenvalue weighted by Gasteiger charge is 2.11. The molecule has 3 aromatic rings. The number of aromatic nitrogens is 1. The number of guanidine groups is 1. The van der Waals surface area contributed by atoms with Crippen LogP contribution in [0.1, 0.15) is 34.8 Å². The first-order chi connectivity index (χ1) is 12.6. The van der Waals surface area contributed by atoms with Gasteiger partial charge < -0.3 is 19.6 Å².